The molecular weight excluding hydrogens is 731 g/mol. The van der Waals surface area contributed by atoms with Crippen molar-refractivity contribution in [1.29, 1.82) is 0 Å². The molecule has 2 aliphatic heterocycles. The predicted molar refractivity (Wildman–Crippen MR) is 230 cm³/mol. The zero-order valence-electron chi connectivity index (χ0n) is 31.5. The van der Waals surface area contributed by atoms with E-state index in [0.29, 0.717) is 6.54 Å². The van der Waals surface area contributed by atoms with Gasteiger partial charge in [0.1, 0.15) is 0 Å². The molecule has 0 saturated heterocycles. The smallest absolute Gasteiger partial charge is 0.245 e. The largest absolute Gasteiger partial charge is 0.384 e. The average molecular weight is 776 g/mol. The summed E-state index contributed by atoms with van der Waals surface area (Å²) >= 11 is 3.38. The van der Waals surface area contributed by atoms with E-state index in [1.54, 1.807) is 23.5 Å². The second-order valence-electron chi connectivity index (χ2n) is 14.7. The Bertz CT molecular complexity index is 2210. The Morgan fingerprint density at radius 2 is 1.07 bits per heavy atom. The molecule has 3 heterocycles. The van der Waals surface area contributed by atoms with E-state index in [0.717, 1.165) is 92.9 Å². The number of unbranched alkanes of at least 4 members (excludes halogenated alkanes) is 3. The lowest BCUT2D eigenvalue weighted by molar-refractivity contribution is -0.121. The number of carbonyl (C=O) groups is 2. The maximum absolute atomic E-state index is 14.5. The number of nitrogens with zero attached hydrogens (tertiary/aromatic N) is 4. The fraction of sp³-hybridized carbons (Fsp3) is 0.255. The van der Waals surface area contributed by atoms with Crippen molar-refractivity contribution < 1.29 is 9.59 Å². The van der Waals surface area contributed by atoms with Crippen LogP contribution in [0.4, 0.5) is 28.4 Å². The van der Waals surface area contributed by atoms with Crippen LogP contribution in [0, 0.1) is 0 Å². The Morgan fingerprint density at radius 3 is 1.64 bits per heavy atom. The minimum atomic E-state index is -0.0369. The summed E-state index contributed by atoms with van der Waals surface area (Å²) in [7, 11) is 0. The molecule has 0 bridgehead atoms. The van der Waals surface area contributed by atoms with E-state index >= 15 is 0 Å². The van der Waals surface area contributed by atoms with E-state index in [-0.39, 0.29) is 24.9 Å². The van der Waals surface area contributed by atoms with Gasteiger partial charge < -0.3 is 5.32 Å². The van der Waals surface area contributed by atoms with Gasteiger partial charge in [0.15, 0.2) is 0 Å². The Morgan fingerprint density at radius 1 is 0.589 bits per heavy atom. The maximum atomic E-state index is 14.5. The zero-order chi connectivity index (χ0) is 37.8. The highest BCUT2D eigenvalue weighted by molar-refractivity contribution is 8.00. The molecule has 0 spiro atoms. The molecule has 282 valence electrons. The molecule has 1 aliphatic carbocycles. The first-order valence-electron chi connectivity index (χ1n) is 19.9. The summed E-state index contributed by atoms with van der Waals surface area (Å²) in [5.41, 5.74) is 8.55. The molecule has 5 aromatic carbocycles. The summed E-state index contributed by atoms with van der Waals surface area (Å²) in [5, 5.41) is 5.03. The molecule has 0 unspecified atom stereocenters. The maximum Gasteiger partial charge on any atom is 0.245 e. The van der Waals surface area contributed by atoms with Gasteiger partial charge in [0.25, 0.3) is 0 Å². The number of anilines is 5. The third-order valence-corrected chi connectivity index (χ3v) is 13.2. The first-order chi connectivity index (χ1) is 27.6. The number of para-hydroxylation sites is 5. The van der Waals surface area contributed by atoms with Crippen LogP contribution in [0.15, 0.2) is 141 Å². The van der Waals surface area contributed by atoms with Crippen molar-refractivity contribution in [3.63, 3.8) is 0 Å². The van der Waals surface area contributed by atoms with Crippen LogP contribution in [0.1, 0.15) is 49.8 Å². The minimum absolute atomic E-state index is 0.0369. The average Bonchev–Trinajstić information content (AvgIpc) is 3.23. The highest BCUT2D eigenvalue weighted by Gasteiger charge is 2.32. The van der Waals surface area contributed by atoms with Gasteiger partial charge in [0.05, 0.1) is 41.4 Å². The number of hydrogen-bond donors (Lipinski definition) is 1. The molecule has 0 saturated carbocycles. The number of benzene rings is 5. The lowest BCUT2D eigenvalue weighted by atomic mass is 9.92. The van der Waals surface area contributed by atoms with Crippen LogP contribution in [-0.4, -0.2) is 47.9 Å². The van der Waals surface area contributed by atoms with Crippen LogP contribution in [0.2, 0.25) is 0 Å². The standard InChI is InChI=1S/C47H45N5O2S2/c53-45(51-37-21-7-11-25-41(37)55-42-26-12-8-22-38(42)51)31-50(32-46(54)52-39-23-9-13-27-43(39)56-44-28-14-10-24-40(44)52)30-16-2-1-15-29-48-47-33-17-3-5-19-35(33)49-36-20-6-4-18-34(36)47/h3,5,7-14,17,19,21-28H,1-2,4,6,15-16,18,20,29-32H2,(H,48,49). The fourth-order valence-electron chi connectivity index (χ4n) is 8.29. The Kier molecular flexibility index (Phi) is 10.8. The van der Waals surface area contributed by atoms with Crippen LogP contribution in [0.25, 0.3) is 10.9 Å². The van der Waals surface area contributed by atoms with Crippen LogP contribution >= 0.6 is 23.5 Å². The molecule has 2 amide bonds. The number of rotatable bonds is 12. The van der Waals surface area contributed by atoms with Gasteiger partial charge in [-0.2, -0.15) is 0 Å². The number of amides is 2. The Hall–Kier alpha value is -5.09. The highest BCUT2D eigenvalue weighted by atomic mass is 32.2. The molecule has 9 rings (SSSR count). The SMILES string of the molecule is O=C(CN(CCCCCCNc1c2c(nc3ccccc13)CCCC2)CC(=O)N1c2ccccc2Sc2ccccc21)N1c2ccccc2Sc2ccccc21. The molecule has 1 N–H and O–H groups in total. The minimum Gasteiger partial charge on any atom is -0.384 e. The van der Waals surface area contributed by atoms with E-state index in [9.17, 15) is 9.59 Å². The van der Waals surface area contributed by atoms with E-state index in [1.165, 1.54) is 35.2 Å². The summed E-state index contributed by atoms with van der Waals surface area (Å²) in [6, 6.07) is 40.9. The van der Waals surface area contributed by atoms with Crippen molar-refractivity contribution >= 4 is 74.7 Å². The van der Waals surface area contributed by atoms with Crippen molar-refractivity contribution in [2.75, 3.05) is 41.3 Å². The van der Waals surface area contributed by atoms with Gasteiger partial charge >= 0.3 is 0 Å². The molecule has 56 heavy (non-hydrogen) atoms. The van der Waals surface area contributed by atoms with Crippen LogP contribution in [0.5, 0.6) is 0 Å². The molecule has 0 fully saturated rings. The molecule has 6 aromatic rings. The molecule has 7 nitrogen and oxygen atoms in total. The van der Waals surface area contributed by atoms with Crippen molar-refractivity contribution in [3.05, 3.63) is 133 Å². The Labute approximate surface area is 337 Å². The van der Waals surface area contributed by atoms with E-state index in [4.69, 9.17) is 4.98 Å². The first-order valence-corrected chi connectivity index (χ1v) is 21.5. The van der Waals surface area contributed by atoms with Gasteiger partial charge in [-0.25, -0.2) is 0 Å². The second kappa shape index (κ2) is 16.6. The second-order valence-corrected chi connectivity index (χ2v) is 16.9. The van der Waals surface area contributed by atoms with Crippen molar-refractivity contribution in [2.24, 2.45) is 0 Å². The number of fused-ring (bicyclic) bond motifs is 6. The molecule has 3 aliphatic rings. The number of aromatic nitrogens is 1. The summed E-state index contributed by atoms with van der Waals surface area (Å²) in [6.07, 6.45) is 8.57. The summed E-state index contributed by atoms with van der Waals surface area (Å²) in [4.78, 5) is 44.0. The fourth-order valence-corrected chi connectivity index (χ4v) is 10.4. The predicted octanol–water partition coefficient (Wildman–Crippen LogP) is 11.0. The number of aryl methyl sites for hydroxylation is 1. The topological polar surface area (TPSA) is 68.8 Å². The molecule has 0 radical (unpaired) electrons. The third-order valence-electron chi connectivity index (χ3n) is 11.0. The molecule has 9 heteroatoms. The normalized spacial score (nSPS) is 14.1. The van der Waals surface area contributed by atoms with E-state index in [1.807, 2.05) is 82.6 Å². The van der Waals surface area contributed by atoms with Gasteiger partial charge in [0.2, 0.25) is 11.8 Å². The Balaban J connectivity index is 0.907. The van der Waals surface area contributed by atoms with Crippen molar-refractivity contribution in [1.82, 2.24) is 9.88 Å². The van der Waals surface area contributed by atoms with E-state index < -0.39 is 0 Å². The number of carbonyl (C=O) groups excluding carboxylic acids is 2. The van der Waals surface area contributed by atoms with Crippen LogP contribution < -0.4 is 15.1 Å². The first kappa shape index (κ1) is 36.5. The van der Waals surface area contributed by atoms with Gasteiger partial charge in [-0.3, -0.25) is 29.3 Å². The molecular formula is C47H45N5O2S2. The summed E-state index contributed by atoms with van der Waals surface area (Å²) in [6.45, 7) is 1.81. The zero-order valence-corrected chi connectivity index (χ0v) is 33.1. The summed E-state index contributed by atoms with van der Waals surface area (Å²) < 4.78 is 0. The molecule has 1 aromatic heterocycles. The number of pyridine rings is 1. The third kappa shape index (κ3) is 7.43. The van der Waals surface area contributed by atoms with Gasteiger partial charge in [-0.15, -0.1) is 0 Å². The lowest BCUT2D eigenvalue weighted by Crippen LogP contribution is -2.44. The van der Waals surface area contributed by atoms with Gasteiger partial charge in [-0.1, -0.05) is 103 Å². The molecule has 0 atom stereocenters. The van der Waals surface area contributed by atoms with E-state index in [2.05, 4.69) is 58.7 Å². The summed E-state index contributed by atoms with van der Waals surface area (Å²) in [5.74, 6) is -0.0739. The van der Waals surface area contributed by atoms with Crippen molar-refractivity contribution in [3.8, 4) is 0 Å². The van der Waals surface area contributed by atoms with Crippen LogP contribution in [0.3, 0.4) is 0 Å². The number of hydrogen-bond acceptors (Lipinski definition) is 7. The van der Waals surface area contributed by atoms with Crippen LogP contribution in [-0.2, 0) is 22.4 Å². The number of nitrogens with one attached hydrogen (secondary N) is 1. The lowest BCUT2D eigenvalue weighted by Gasteiger charge is -2.34. The van der Waals surface area contributed by atoms with Gasteiger partial charge in [-0.05, 0) is 105 Å². The quantitative estimate of drug-likeness (QED) is 0.124. The highest BCUT2D eigenvalue weighted by Crippen LogP contribution is 2.49. The monoisotopic (exact) mass is 775 g/mol. The van der Waals surface area contributed by atoms with Crippen molar-refractivity contribution in [2.45, 2.75) is 70.9 Å². The van der Waals surface area contributed by atoms with Gasteiger partial charge in [0, 0.05) is 42.9 Å².